The third kappa shape index (κ3) is 3.66. The van der Waals surface area contributed by atoms with Crippen LogP contribution in [-0.2, 0) is 27.1 Å². The van der Waals surface area contributed by atoms with E-state index in [0.717, 1.165) is 24.8 Å². The van der Waals surface area contributed by atoms with Gasteiger partial charge >= 0.3 is 0 Å². The lowest BCUT2D eigenvalue weighted by molar-refractivity contribution is 0.239. The zero-order chi connectivity index (χ0) is 17.2. The lowest BCUT2D eigenvalue weighted by Crippen LogP contribution is -2.21. The maximum atomic E-state index is 12.3. The van der Waals surface area contributed by atoms with Crippen LogP contribution < -0.4 is 0 Å². The summed E-state index contributed by atoms with van der Waals surface area (Å²) in [5.41, 5.74) is 4.05. The molecule has 0 saturated carbocycles. The van der Waals surface area contributed by atoms with E-state index < -0.39 is 10.1 Å². The Hall–Kier alpha value is -2.16. The summed E-state index contributed by atoms with van der Waals surface area (Å²) in [5.74, 6) is 0.172. The second-order valence-corrected chi connectivity index (χ2v) is 7.87. The van der Waals surface area contributed by atoms with E-state index in [1.54, 1.807) is 24.3 Å². The van der Waals surface area contributed by atoms with E-state index in [0.29, 0.717) is 5.56 Å². The van der Waals surface area contributed by atoms with Crippen molar-refractivity contribution < 1.29 is 12.6 Å². The number of fused-ring (bicyclic) bond motifs is 1. The van der Waals surface area contributed by atoms with Crippen molar-refractivity contribution in [1.29, 1.82) is 5.26 Å². The lowest BCUT2D eigenvalue weighted by Gasteiger charge is -2.24. The van der Waals surface area contributed by atoms with Crippen LogP contribution in [0.3, 0.4) is 0 Å². The summed E-state index contributed by atoms with van der Waals surface area (Å²) in [7, 11) is -3.71. The van der Waals surface area contributed by atoms with E-state index >= 15 is 0 Å². The van der Waals surface area contributed by atoms with Gasteiger partial charge < -0.3 is 0 Å². The summed E-state index contributed by atoms with van der Waals surface area (Å²) in [5, 5.41) is 8.95. The monoisotopic (exact) mass is 341 g/mol. The van der Waals surface area contributed by atoms with Crippen LogP contribution in [0.5, 0.6) is 0 Å². The first-order valence-electron chi connectivity index (χ1n) is 7.96. The van der Waals surface area contributed by atoms with Gasteiger partial charge in [0, 0.05) is 0 Å². The molecule has 124 valence electrons. The van der Waals surface area contributed by atoms with E-state index in [1.807, 2.05) is 25.1 Å². The van der Waals surface area contributed by atoms with Crippen LogP contribution in [-0.4, -0.2) is 15.0 Å². The molecule has 3 rings (SSSR count). The minimum absolute atomic E-state index is 0.172. The van der Waals surface area contributed by atoms with Gasteiger partial charge in [0.25, 0.3) is 10.1 Å². The first-order chi connectivity index (χ1) is 11.5. The van der Waals surface area contributed by atoms with Crippen LogP contribution in [0.25, 0.3) is 0 Å². The van der Waals surface area contributed by atoms with Crippen LogP contribution in [0, 0.1) is 24.2 Å². The van der Waals surface area contributed by atoms with Crippen LogP contribution >= 0.6 is 0 Å². The highest BCUT2D eigenvalue weighted by atomic mass is 32.2. The number of benzene rings is 2. The standard InChI is InChI=1S/C19H19NO3S/c1-14-2-8-19(9-3-14)24(21,22)23-13-16-5-7-17-10-15(12-20)4-6-18(17)11-16/h2-4,6,8-10,16H,5,7,11,13H2,1H3. The Morgan fingerprint density at radius 1 is 1.17 bits per heavy atom. The smallest absolute Gasteiger partial charge is 0.266 e. The molecule has 1 atom stereocenters. The molecular formula is C19H19NO3S. The first-order valence-corrected chi connectivity index (χ1v) is 9.37. The van der Waals surface area contributed by atoms with Crippen molar-refractivity contribution in [1.82, 2.24) is 0 Å². The lowest BCUT2D eigenvalue weighted by atomic mass is 9.84. The summed E-state index contributed by atoms with van der Waals surface area (Å²) in [6.07, 6.45) is 2.50. The van der Waals surface area contributed by atoms with Crippen molar-refractivity contribution in [2.45, 2.75) is 31.1 Å². The Bertz CT molecular complexity index is 880. The van der Waals surface area contributed by atoms with Gasteiger partial charge in [0.2, 0.25) is 0 Å². The minimum atomic E-state index is -3.71. The molecule has 0 N–H and O–H groups in total. The molecule has 0 heterocycles. The van der Waals surface area contributed by atoms with Gasteiger partial charge in [0.1, 0.15) is 0 Å². The molecule has 0 aliphatic heterocycles. The first kappa shape index (κ1) is 16.7. The van der Waals surface area contributed by atoms with E-state index in [-0.39, 0.29) is 17.4 Å². The van der Waals surface area contributed by atoms with Gasteiger partial charge in [-0.15, -0.1) is 0 Å². The molecule has 0 bridgehead atoms. The zero-order valence-corrected chi connectivity index (χ0v) is 14.3. The van der Waals surface area contributed by atoms with Crippen LogP contribution in [0.15, 0.2) is 47.4 Å². The Morgan fingerprint density at radius 3 is 2.62 bits per heavy atom. The number of rotatable bonds is 4. The number of hydrogen-bond acceptors (Lipinski definition) is 4. The number of nitrogens with zero attached hydrogens (tertiary/aromatic N) is 1. The molecular weight excluding hydrogens is 322 g/mol. The van der Waals surface area contributed by atoms with Crippen LogP contribution in [0.1, 0.15) is 28.7 Å². The largest absolute Gasteiger partial charge is 0.296 e. The fourth-order valence-electron chi connectivity index (χ4n) is 3.00. The van der Waals surface area contributed by atoms with Gasteiger partial charge in [-0.2, -0.15) is 13.7 Å². The van der Waals surface area contributed by atoms with Crippen LogP contribution in [0.4, 0.5) is 0 Å². The number of hydrogen-bond donors (Lipinski definition) is 0. The SMILES string of the molecule is Cc1ccc(S(=O)(=O)OCC2CCc3cc(C#N)ccc3C2)cc1. The third-order valence-electron chi connectivity index (χ3n) is 4.43. The topological polar surface area (TPSA) is 67.2 Å². The molecule has 5 heteroatoms. The molecule has 1 unspecified atom stereocenters. The van der Waals surface area contributed by atoms with Crippen molar-refractivity contribution in [3.05, 3.63) is 64.7 Å². The quantitative estimate of drug-likeness (QED) is 0.800. The van der Waals surface area contributed by atoms with E-state index in [1.165, 1.54) is 11.1 Å². The molecule has 1 aliphatic carbocycles. The Labute approximate surface area is 142 Å². The molecule has 2 aromatic carbocycles. The van der Waals surface area contributed by atoms with Crippen molar-refractivity contribution >= 4 is 10.1 Å². The summed E-state index contributed by atoms with van der Waals surface area (Å²) >= 11 is 0. The molecule has 4 nitrogen and oxygen atoms in total. The molecule has 0 amide bonds. The molecule has 0 aromatic heterocycles. The highest BCUT2D eigenvalue weighted by Gasteiger charge is 2.22. The Balaban J connectivity index is 1.65. The van der Waals surface area contributed by atoms with Gasteiger partial charge in [-0.25, -0.2) is 0 Å². The maximum absolute atomic E-state index is 12.3. The second-order valence-electron chi connectivity index (χ2n) is 6.26. The zero-order valence-electron chi connectivity index (χ0n) is 13.5. The molecule has 2 aromatic rings. The van der Waals surface area contributed by atoms with Gasteiger partial charge in [-0.1, -0.05) is 23.8 Å². The summed E-state index contributed by atoms with van der Waals surface area (Å²) in [6.45, 7) is 2.10. The fraction of sp³-hybridized carbons (Fsp3) is 0.316. The normalized spacial score (nSPS) is 17.1. The minimum Gasteiger partial charge on any atom is -0.266 e. The van der Waals surface area contributed by atoms with E-state index in [9.17, 15) is 8.42 Å². The van der Waals surface area contributed by atoms with E-state index in [2.05, 4.69) is 6.07 Å². The van der Waals surface area contributed by atoms with E-state index in [4.69, 9.17) is 9.44 Å². The molecule has 0 fully saturated rings. The van der Waals surface area contributed by atoms with Crippen molar-refractivity contribution in [2.24, 2.45) is 5.92 Å². The predicted octanol–water partition coefficient (Wildman–Crippen LogP) is 3.38. The average molecular weight is 341 g/mol. The highest BCUT2D eigenvalue weighted by molar-refractivity contribution is 7.86. The predicted molar refractivity (Wildman–Crippen MR) is 91.0 cm³/mol. The van der Waals surface area contributed by atoms with Gasteiger partial charge in [0.15, 0.2) is 0 Å². The van der Waals surface area contributed by atoms with Gasteiger partial charge in [-0.3, -0.25) is 4.18 Å². The molecule has 0 saturated heterocycles. The molecule has 0 spiro atoms. The second kappa shape index (κ2) is 6.76. The Morgan fingerprint density at radius 2 is 1.92 bits per heavy atom. The van der Waals surface area contributed by atoms with Crippen molar-refractivity contribution in [3.8, 4) is 6.07 Å². The van der Waals surface area contributed by atoms with Crippen molar-refractivity contribution in [2.75, 3.05) is 6.61 Å². The summed E-state index contributed by atoms with van der Waals surface area (Å²) < 4.78 is 29.8. The molecule has 0 radical (unpaired) electrons. The fourth-order valence-corrected chi connectivity index (χ4v) is 3.98. The maximum Gasteiger partial charge on any atom is 0.296 e. The van der Waals surface area contributed by atoms with Gasteiger partial charge in [0.05, 0.1) is 23.1 Å². The molecule has 24 heavy (non-hydrogen) atoms. The summed E-state index contributed by atoms with van der Waals surface area (Å²) in [4.78, 5) is 0.197. The van der Waals surface area contributed by atoms with Gasteiger partial charge in [-0.05, 0) is 67.5 Å². The number of aryl methyl sites for hydroxylation is 2. The highest BCUT2D eigenvalue weighted by Crippen LogP contribution is 2.27. The average Bonchev–Trinajstić information content (AvgIpc) is 2.60. The third-order valence-corrected chi connectivity index (χ3v) is 5.73. The molecule has 1 aliphatic rings. The Kier molecular flexibility index (Phi) is 4.70. The number of nitriles is 1. The summed E-state index contributed by atoms with van der Waals surface area (Å²) in [6, 6.07) is 14.5. The van der Waals surface area contributed by atoms with Crippen LogP contribution in [0.2, 0.25) is 0 Å². The van der Waals surface area contributed by atoms with Crippen molar-refractivity contribution in [3.63, 3.8) is 0 Å².